The molecule has 0 heterocycles. The summed E-state index contributed by atoms with van der Waals surface area (Å²) >= 11 is 0. The molecule has 0 saturated heterocycles. The van der Waals surface area contributed by atoms with Crippen molar-refractivity contribution in [3.63, 3.8) is 0 Å². The molecule has 0 bridgehead atoms. The first-order chi connectivity index (χ1) is 15.4. The van der Waals surface area contributed by atoms with E-state index in [0.29, 0.717) is 34.1 Å². The van der Waals surface area contributed by atoms with E-state index in [0.717, 1.165) is 4.31 Å². The molecule has 0 aliphatic heterocycles. The van der Waals surface area contributed by atoms with Gasteiger partial charge in [-0.2, -0.15) is 8.42 Å². The predicted octanol–water partition coefficient (Wildman–Crippen LogP) is 4.20. The number of methoxy groups -OCH3 is 3. The Kier molecular flexibility index (Phi) is 7.23. The summed E-state index contributed by atoms with van der Waals surface area (Å²) in [7, 11) is 0.361. The maximum atomic E-state index is 13.3. The molecule has 0 aliphatic rings. The molecule has 0 aromatic heterocycles. The molecular weight excluding hydrogens is 433 g/mol. The number of nitrogens with zero attached hydrogens (tertiary/aromatic N) is 1. The second-order valence-electron chi connectivity index (χ2n) is 6.59. The van der Waals surface area contributed by atoms with E-state index in [-0.39, 0.29) is 6.54 Å². The highest BCUT2D eigenvalue weighted by atomic mass is 32.2. The molecular formula is C24H22FNO5S. The highest BCUT2D eigenvalue weighted by Crippen LogP contribution is 2.36. The minimum absolute atomic E-state index is 0.0964. The van der Waals surface area contributed by atoms with Gasteiger partial charge in [-0.05, 0) is 42.3 Å². The maximum Gasteiger partial charge on any atom is 0.305 e. The Hall–Kier alpha value is -3.70. The van der Waals surface area contributed by atoms with Crippen LogP contribution in [0.2, 0.25) is 0 Å². The van der Waals surface area contributed by atoms with Crippen molar-refractivity contribution in [2.45, 2.75) is 6.54 Å². The molecule has 0 radical (unpaired) electrons. The van der Waals surface area contributed by atoms with Crippen LogP contribution in [-0.4, -0.2) is 29.7 Å². The van der Waals surface area contributed by atoms with Gasteiger partial charge in [0, 0.05) is 17.7 Å². The lowest BCUT2D eigenvalue weighted by molar-refractivity contribution is 0.369. The Morgan fingerprint density at radius 1 is 0.875 bits per heavy atom. The Balaban J connectivity index is 2.08. The van der Waals surface area contributed by atoms with Crippen molar-refractivity contribution in [1.29, 1.82) is 0 Å². The number of hydrogen-bond donors (Lipinski definition) is 0. The average Bonchev–Trinajstić information content (AvgIpc) is 2.82. The third-order valence-corrected chi connectivity index (χ3v) is 5.90. The molecule has 32 heavy (non-hydrogen) atoms. The minimum atomic E-state index is -4.11. The number of ether oxygens (including phenoxy) is 3. The van der Waals surface area contributed by atoms with Gasteiger partial charge in [0.1, 0.15) is 23.1 Å². The van der Waals surface area contributed by atoms with Crippen molar-refractivity contribution in [2.24, 2.45) is 0 Å². The third-order valence-electron chi connectivity index (χ3n) is 4.62. The summed E-state index contributed by atoms with van der Waals surface area (Å²) in [6.07, 6.45) is 0. The highest BCUT2D eigenvalue weighted by molar-refractivity contribution is 7.97. The fraction of sp³-hybridized carbons (Fsp3) is 0.167. The van der Waals surface area contributed by atoms with E-state index in [1.165, 1.54) is 45.6 Å². The minimum Gasteiger partial charge on any atom is -0.496 e. The van der Waals surface area contributed by atoms with Crippen LogP contribution in [0.1, 0.15) is 11.1 Å². The van der Waals surface area contributed by atoms with E-state index in [9.17, 15) is 12.8 Å². The maximum absolute atomic E-state index is 13.3. The number of hydrogen-bond acceptors (Lipinski definition) is 5. The van der Waals surface area contributed by atoms with Gasteiger partial charge in [0.05, 0.1) is 44.4 Å². The Morgan fingerprint density at radius 3 is 2.00 bits per heavy atom. The van der Waals surface area contributed by atoms with Crippen molar-refractivity contribution in [3.8, 4) is 28.4 Å². The second-order valence-corrected chi connectivity index (χ2v) is 8.19. The molecule has 166 valence electrons. The summed E-state index contributed by atoms with van der Waals surface area (Å²) in [4.78, 5) is 0. The van der Waals surface area contributed by atoms with E-state index in [1.54, 1.807) is 42.5 Å². The molecule has 3 aromatic carbocycles. The van der Waals surface area contributed by atoms with E-state index in [1.807, 2.05) is 0 Å². The van der Waals surface area contributed by atoms with Gasteiger partial charge in [0.2, 0.25) is 0 Å². The van der Waals surface area contributed by atoms with E-state index < -0.39 is 15.8 Å². The van der Waals surface area contributed by atoms with Gasteiger partial charge in [-0.1, -0.05) is 18.2 Å². The molecule has 0 spiro atoms. The lowest BCUT2D eigenvalue weighted by Crippen LogP contribution is -2.29. The molecule has 0 amide bonds. The molecule has 0 N–H and O–H groups in total. The van der Waals surface area contributed by atoms with Crippen LogP contribution in [0.5, 0.6) is 17.2 Å². The van der Waals surface area contributed by atoms with Crippen LogP contribution in [0.3, 0.4) is 0 Å². The Labute approximate surface area is 187 Å². The zero-order valence-corrected chi connectivity index (χ0v) is 18.6. The Morgan fingerprint density at radius 2 is 1.47 bits per heavy atom. The van der Waals surface area contributed by atoms with E-state index in [4.69, 9.17) is 14.2 Å². The van der Waals surface area contributed by atoms with Gasteiger partial charge >= 0.3 is 10.0 Å². The highest BCUT2D eigenvalue weighted by Gasteiger charge is 2.25. The second kappa shape index (κ2) is 10.1. The van der Waals surface area contributed by atoms with Gasteiger partial charge in [0.25, 0.3) is 0 Å². The Bertz CT molecular complexity index is 1210. The molecule has 0 saturated carbocycles. The first-order valence-corrected chi connectivity index (χ1v) is 11.0. The van der Waals surface area contributed by atoms with Crippen LogP contribution in [0.4, 0.5) is 10.1 Å². The fourth-order valence-electron chi connectivity index (χ4n) is 3.00. The molecule has 0 atom stereocenters. The van der Waals surface area contributed by atoms with E-state index in [2.05, 4.69) is 11.2 Å². The summed E-state index contributed by atoms with van der Waals surface area (Å²) in [5.74, 6) is 3.49. The van der Waals surface area contributed by atoms with E-state index >= 15 is 0 Å². The molecule has 0 aliphatic carbocycles. The van der Waals surface area contributed by atoms with Gasteiger partial charge in [-0.3, -0.25) is 4.31 Å². The van der Waals surface area contributed by atoms with Crippen molar-refractivity contribution in [2.75, 3.05) is 25.6 Å². The lowest BCUT2D eigenvalue weighted by atomic mass is 10.1. The molecule has 8 heteroatoms. The molecule has 0 fully saturated rings. The van der Waals surface area contributed by atoms with Crippen LogP contribution >= 0.6 is 0 Å². The first-order valence-electron chi connectivity index (χ1n) is 9.53. The van der Waals surface area contributed by atoms with Gasteiger partial charge in [-0.15, -0.1) is 0 Å². The largest absolute Gasteiger partial charge is 0.496 e. The molecule has 3 rings (SSSR count). The number of rotatable bonds is 7. The van der Waals surface area contributed by atoms with Crippen LogP contribution in [0, 0.1) is 17.0 Å². The SMILES string of the molecule is COc1cc(OC)c(CN(c2ccccc2)S(=O)(=O)C#Cc2ccc(F)cc2)c(OC)c1. The monoisotopic (exact) mass is 455 g/mol. The topological polar surface area (TPSA) is 65.1 Å². The summed E-state index contributed by atoms with van der Waals surface area (Å²) in [5.41, 5.74) is 1.30. The van der Waals surface area contributed by atoms with Gasteiger partial charge < -0.3 is 14.2 Å². The van der Waals surface area contributed by atoms with Crippen molar-refractivity contribution in [3.05, 3.63) is 83.7 Å². The zero-order chi connectivity index (χ0) is 23.1. The van der Waals surface area contributed by atoms with Crippen molar-refractivity contribution >= 4 is 15.7 Å². The van der Waals surface area contributed by atoms with Crippen LogP contribution in [-0.2, 0) is 16.6 Å². The lowest BCUT2D eigenvalue weighted by Gasteiger charge is -2.24. The van der Waals surface area contributed by atoms with Gasteiger partial charge in [0.15, 0.2) is 0 Å². The summed E-state index contributed by atoms with van der Waals surface area (Å²) in [6.45, 7) is -0.0964. The van der Waals surface area contributed by atoms with Crippen LogP contribution in [0.25, 0.3) is 0 Å². The third kappa shape index (κ3) is 5.31. The van der Waals surface area contributed by atoms with Crippen molar-refractivity contribution < 1.29 is 27.0 Å². The summed E-state index contributed by atoms with van der Waals surface area (Å²) in [6, 6.07) is 17.2. The standard InChI is InChI=1S/C24H22FNO5S/c1-29-21-15-23(30-2)22(24(16-21)31-3)17-26(20-7-5-4-6-8-20)32(27,28)14-13-18-9-11-19(25)12-10-18/h4-12,15-16H,17H2,1-3H3. The number of para-hydroxylation sites is 1. The van der Waals surface area contributed by atoms with Crippen molar-refractivity contribution in [1.82, 2.24) is 0 Å². The molecule has 6 nitrogen and oxygen atoms in total. The molecule has 3 aromatic rings. The quantitative estimate of drug-likeness (QED) is 0.500. The fourth-order valence-corrected chi connectivity index (χ4v) is 4.05. The normalized spacial score (nSPS) is 10.6. The number of anilines is 1. The number of sulfonamides is 1. The van der Waals surface area contributed by atoms with Gasteiger partial charge in [-0.25, -0.2) is 4.39 Å². The smallest absolute Gasteiger partial charge is 0.305 e. The zero-order valence-electron chi connectivity index (χ0n) is 17.8. The van der Waals surface area contributed by atoms with Crippen LogP contribution < -0.4 is 18.5 Å². The summed E-state index contributed by atoms with van der Waals surface area (Å²) in [5, 5.41) is 2.33. The first kappa shape index (κ1) is 23.0. The molecule has 0 unspecified atom stereocenters. The van der Waals surface area contributed by atoms with Crippen LogP contribution in [0.15, 0.2) is 66.7 Å². The summed E-state index contributed by atoms with van der Waals surface area (Å²) < 4.78 is 57.0. The average molecular weight is 456 g/mol. The number of halogens is 1. The number of benzene rings is 3. The predicted molar refractivity (Wildman–Crippen MR) is 121 cm³/mol.